The van der Waals surface area contributed by atoms with E-state index in [0.717, 1.165) is 49.7 Å². The number of hydrogen-bond donors (Lipinski definition) is 3. The van der Waals surface area contributed by atoms with Gasteiger partial charge in [0, 0.05) is 31.4 Å². The number of likely N-dealkylation sites (tertiary alicyclic amines) is 1. The summed E-state index contributed by atoms with van der Waals surface area (Å²) >= 11 is 0. The number of carbonyl (C=O) groups excluding carboxylic acids is 1. The molecule has 2 unspecified atom stereocenters. The van der Waals surface area contributed by atoms with Crippen LogP contribution in [0.2, 0.25) is 0 Å². The number of likely N-dealkylation sites (N-methyl/N-ethyl adjacent to an activating group) is 1. The van der Waals surface area contributed by atoms with E-state index in [-0.39, 0.29) is 36.0 Å². The lowest BCUT2D eigenvalue weighted by Gasteiger charge is -2.24. The van der Waals surface area contributed by atoms with Crippen LogP contribution in [-0.4, -0.2) is 61.7 Å². The average Bonchev–Trinajstić information content (AvgIpc) is 3.42. The first kappa shape index (κ1) is 24.9. The van der Waals surface area contributed by atoms with Gasteiger partial charge in [-0.25, -0.2) is 4.99 Å². The summed E-state index contributed by atoms with van der Waals surface area (Å²) in [4.78, 5) is 19.5. The highest BCUT2D eigenvalue weighted by Crippen LogP contribution is 2.17. The Labute approximate surface area is 197 Å². The lowest BCUT2D eigenvalue weighted by Crippen LogP contribution is -2.44. The summed E-state index contributed by atoms with van der Waals surface area (Å²) in [6.07, 6.45) is 3.94. The number of carbonyl (C=O) groups is 1. The summed E-state index contributed by atoms with van der Waals surface area (Å²) in [6.45, 7) is 9.56. The van der Waals surface area contributed by atoms with Gasteiger partial charge in [0.15, 0.2) is 5.96 Å². The van der Waals surface area contributed by atoms with E-state index in [0.29, 0.717) is 19.2 Å². The Morgan fingerprint density at radius 3 is 2.83 bits per heavy atom. The Kier molecular flexibility index (Phi) is 10.9. The highest BCUT2D eigenvalue weighted by Gasteiger charge is 2.24. The zero-order valence-electron chi connectivity index (χ0n) is 18.2. The number of ether oxygens (including phenoxy) is 1. The number of halogens is 1. The van der Waals surface area contributed by atoms with Crippen LogP contribution in [0.1, 0.15) is 45.1 Å². The van der Waals surface area contributed by atoms with Gasteiger partial charge in [0.25, 0.3) is 5.91 Å². The molecule has 2 aliphatic rings. The van der Waals surface area contributed by atoms with E-state index in [2.05, 4.69) is 34.7 Å². The second kappa shape index (κ2) is 13.1. The van der Waals surface area contributed by atoms with Gasteiger partial charge in [0.1, 0.15) is 6.10 Å². The molecule has 1 aromatic carbocycles. The van der Waals surface area contributed by atoms with Crippen LogP contribution >= 0.6 is 24.0 Å². The molecule has 0 aliphatic carbocycles. The molecule has 0 aromatic heterocycles. The average molecular weight is 529 g/mol. The number of anilines is 1. The van der Waals surface area contributed by atoms with E-state index in [1.165, 1.54) is 19.4 Å². The van der Waals surface area contributed by atoms with Gasteiger partial charge in [-0.3, -0.25) is 9.69 Å². The maximum Gasteiger partial charge on any atom is 0.253 e. The third-order valence-corrected chi connectivity index (χ3v) is 5.59. The number of hydrogen-bond acceptors (Lipinski definition) is 4. The fourth-order valence-corrected chi connectivity index (χ4v) is 4.02. The number of nitrogens with one attached hydrogen (secondary N) is 3. The molecular formula is C22H36IN5O2. The van der Waals surface area contributed by atoms with Crippen molar-refractivity contribution >= 4 is 41.5 Å². The zero-order valence-corrected chi connectivity index (χ0v) is 20.5. The third kappa shape index (κ3) is 7.39. The summed E-state index contributed by atoms with van der Waals surface area (Å²) < 4.78 is 5.45. The molecule has 0 bridgehead atoms. The van der Waals surface area contributed by atoms with Crippen LogP contribution in [0.3, 0.4) is 0 Å². The van der Waals surface area contributed by atoms with Crippen LogP contribution in [0.25, 0.3) is 0 Å². The van der Waals surface area contributed by atoms with Crippen molar-refractivity contribution < 1.29 is 9.53 Å². The lowest BCUT2D eigenvalue weighted by molar-refractivity contribution is -0.124. The van der Waals surface area contributed by atoms with Crippen molar-refractivity contribution in [2.24, 2.45) is 4.99 Å². The topological polar surface area (TPSA) is 78.0 Å². The smallest absolute Gasteiger partial charge is 0.253 e. The van der Waals surface area contributed by atoms with E-state index < -0.39 is 0 Å². The Balaban J connectivity index is 0.00000320. The molecule has 2 heterocycles. The van der Waals surface area contributed by atoms with Gasteiger partial charge in [-0.2, -0.15) is 0 Å². The van der Waals surface area contributed by atoms with Crippen LogP contribution in [0, 0.1) is 0 Å². The van der Waals surface area contributed by atoms with Crippen molar-refractivity contribution in [3.63, 3.8) is 0 Å². The number of nitrogens with zero attached hydrogens (tertiary/aromatic N) is 2. The van der Waals surface area contributed by atoms with Gasteiger partial charge >= 0.3 is 0 Å². The van der Waals surface area contributed by atoms with E-state index >= 15 is 0 Å². The molecule has 7 nitrogen and oxygen atoms in total. The summed E-state index contributed by atoms with van der Waals surface area (Å²) in [7, 11) is 0. The first-order chi connectivity index (χ1) is 14.2. The van der Waals surface area contributed by atoms with Crippen molar-refractivity contribution in [1.29, 1.82) is 0 Å². The molecule has 2 saturated heterocycles. The van der Waals surface area contributed by atoms with Crippen LogP contribution in [0.5, 0.6) is 0 Å². The van der Waals surface area contributed by atoms with Gasteiger partial charge < -0.3 is 20.7 Å². The first-order valence-corrected chi connectivity index (χ1v) is 11.0. The van der Waals surface area contributed by atoms with Crippen molar-refractivity contribution in [3.8, 4) is 0 Å². The van der Waals surface area contributed by atoms with Gasteiger partial charge in [0.05, 0.1) is 6.54 Å². The molecular weight excluding hydrogens is 493 g/mol. The standard InChI is InChI=1S/C22H35N5O2.HI/c1-3-23-22(25-16-19-10-6-12-27(19)4-2)24-15-17-8-5-9-18(14-17)26-21(28)20-11-7-13-29-20;/h5,8-9,14,19-20H,3-4,6-7,10-13,15-16H2,1-2H3,(H,26,28)(H2,23,24,25);1H. The maximum absolute atomic E-state index is 12.3. The molecule has 1 amide bonds. The highest BCUT2D eigenvalue weighted by molar-refractivity contribution is 14.0. The largest absolute Gasteiger partial charge is 0.368 e. The zero-order chi connectivity index (χ0) is 20.5. The minimum Gasteiger partial charge on any atom is -0.368 e. The summed E-state index contributed by atoms with van der Waals surface area (Å²) in [5.74, 6) is 0.777. The minimum atomic E-state index is -0.320. The van der Waals surface area contributed by atoms with Gasteiger partial charge in [-0.15, -0.1) is 24.0 Å². The van der Waals surface area contributed by atoms with Gasteiger partial charge in [-0.05, 0) is 63.4 Å². The van der Waals surface area contributed by atoms with Crippen LogP contribution < -0.4 is 16.0 Å². The summed E-state index contributed by atoms with van der Waals surface area (Å²) in [6, 6.07) is 8.46. The molecule has 30 heavy (non-hydrogen) atoms. The Hall–Kier alpha value is -1.39. The van der Waals surface area contributed by atoms with E-state index in [1.54, 1.807) is 0 Å². The fraction of sp³-hybridized carbons (Fsp3) is 0.636. The molecule has 168 valence electrons. The quantitative estimate of drug-likeness (QED) is 0.274. The summed E-state index contributed by atoms with van der Waals surface area (Å²) in [5, 5.41) is 9.78. The lowest BCUT2D eigenvalue weighted by atomic mass is 10.2. The molecule has 0 spiro atoms. The van der Waals surface area contributed by atoms with Gasteiger partial charge in [0.2, 0.25) is 0 Å². The van der Waals surface area contributed by atoms with Crippen molar-refractivity contribution in [2.75, 3.05) is 38.1 Å². The molecule has 0 saturated carbocycles. The fourth-order valence-electron chi connectivity index (χ4n) is 4.02. The first-order valence-electron chi connectivity index (χ1n) is 11.0. The summed E-state index contributed by atoms with van der Waals surface area (Å²) in [5.41, 5.74) is 1.85. The number of guanidine groups is 1. The van der Waals surface area contributed by atoms with E-state index in [9.17, 15) is 4.79 Å². The monoisotopic (exact) mass is 529 g/mol. The minimum absolute atomic E-state index is 0. The van der Waals surface area contributed by atoms with Crippen LogP contribution in [-0.2, 0) is 16.1 Å². The van der Waals surface area contributed by atoms with Crippen molar-refractivity contribution in [2.45, 2.75) is 58.2 Å². The Bertz CT molecular complexity index is 694. The molecule has 1 aromatic rings. The second-order valence-corrected chi connectivity index (χ2v) is 7.69. The molecule has 2 aliphatic heterocycles. The molecule has 8 heteroatoms. The number of amides is 1. The third-order valence-electron chi connectivity index (χ3n) is 5.59. The Morgan fingerprint density at radius 2 is 2.10 bits per heavy atom. The normalized spacial score (nSPS) is 21.9. The Morgan fingerprint density at radius 1 is 1.23 bits per heavy atom. The van der Waals surface area contributed by atoms with E-state index in [4.69, 9.17) is 9.73 Å². The van der Waals surface area contributed by atoms with Gasteiger partial charge in [-0.1, -0.05) is 19.1 Å². The van der Waals surface area contributed by atoms with Crippen LogP contribution in [0.15, 0.2) is 29.3 Å². The highest BCUT2D eigenvalue weighted by atomic mass is 127. The number of benzene rings is 1. The van der Waals surface area contributed by atoms with E-state index in [1.807, 2.05) is 24.3 Å². The molecule has 3 rings (SSSR count). The van der Waals surface area contributed by atoms with Crippen LogP contribution in [0.4, 0.5) is 5.69 Å². The molecule has 2 atom stereocenters. The molecule has 2 fully saturated rings. The maximum atomic E-state index is 12.3. The SMILES string of the molecule is CCNC(=NCc1cccc(NC(=O)C2CCCO2)c1)NCC1CCCN1CC.I. The second-order valence-electron chi connectivity index (χ2n) is 7.69. The molecule has 3 N–H and O–H groups in total. The van der Waals surface area contributed by atoms with Crippen molar-refractivity contribution in [3.05, 3.63) is 29.8 Å². The predicted octanol–water partition coefficient (Wildman–Crippen LogP) is 2.96. The molecule has 0 radical (unpaired) electrons. The predicted molar refractivity (Wildman–Crippen MR) is 133 cm³/mol. The number of aliphatic imine (C=N–C) groups is 1. The van der Waals surface area contributed by atoms with Crippen molar-refractivity contribution in [1.82, 2.24) is 15.5 Å². The number of rotatable bonds is 8.